The van der Waals surface area contributed by atoms with E-state index in [2.05, 4.69) is 10.3 Å². The molecule has 0 aliphatic carbocycles. The SMILES string of the molecule is Nc1cnc(Cl)cc1C(=O)Nc1cccc(F)c1F. The quantitative estimate of drug-likeness (QED) is 0.833. The molecule has 0 aliphatic heterocycles. The van der Waals surface area contributed by atoms with E-state index < -0.39 is 17.5 Å². The molecule has 0 atom stereocenters. The summed E-state index contributed by atoms with van der Waals surface area (Å²) in [7, 11) is 0. The van der Waals surface area contributed by atoms with Gasteiger partial charge >= 0.3 is 0 Å². The van der Waals surface area contributed by atoms with Gasteiger partial charge in [-0.05, 0) is 18.2 Å². The number of hydrogen-bond acceptors (Lipinski definition) is 3. The van der Waals surface area contributed by atoms with E-state index in [-0.39, 0.29) is 22.1 Å². The van der Waals surface area contributed by atoms with E-state index in [0.717, 1.165) is 6.07 Å². The number of amides is 1. The largest absolute Gasteiger partial charge is 0.397 e. The first kappa shape index (κ1) is 13.2. The summed E-state index contributed by atoms with van der Waals surface area (Å²) in [6.07, 6.45) is 1.21. The minimum Gasteiger partial charge on any atom is -0.397 e. The zero-order chi connectivity index (χ0) is 14.0. The second-order valence-corrected chi connectivity index (χ2v) is 4.04. The van der Waals surface area contributed by atoms with E-state index in [9.17, 15) is 13.6 Å². The summed E-state index contributed by atoms with van der Waals surface area (Å²) in [5, 5.41) is 2.28. The Kier molecular flexibility index (Phi) is 3.62. The van der Waals surface area contributed by atoms with Gasteiger partial charge < -0.3 is 11.1 Å². The summed E-state index contributed by atoms with van der Waals surface area (Å²) in [5.74, 6) is -2.90. The van der Waals surface area contributed by atoms with Crippen LogP contribution >= 0.6 is 11.6 Å². The maximum absolute atomic E-state index is 13.4. The number of pyridine rings is 1. The molecule has 3 N–H and O–H groups in total. The predicted octanol–water partition coefficient (Wildman–Crippen LogP) is 2.85. The number of nitrogens with one attached hydrogen (secondary N) is 1. The number of nitrogen functional groups attached to an aromatic ring is 1. The smallest absolute Gasteiger partial charge is 0.258 e. The minimum absolute atomic E-state index is 0.0312. The van der Waals surface area contributed by atoms with Gasteiger partial charge in [-0.25, -0.2) is 13.8 Å². The van der Waals surface area contributed by atoms with Crippen LogP contribution in [0.1, 0.15) is 10.4 Å². The summed E-state index contributed by atoms with van der Waals surface area (Å²) in [5.41, 5.74) is 5.40. The molecule has 0 unspecified atom stereocenters. The molecule has 0 spiro atoms. The van der Waals surface area contributed by atoms with Crippen LogP contribution in [0.25, 0.3) is 0 Å². The van der Waals surface area contributed by atoms with Crippen LogP contribution in [0.2, 0.25) is 5.15 Å². The lowest BCUT2D eigenvalue weighted by atomic mass is 10.2. The van der Waals surface area contributed by atoms with Crippen molar-refractivity contribution in [1.29, 1.82) is 0 Å². The fourth-order valence-electron chi connectivity index (χ4n) is 1.43. The highest BCUT2D eigenvalue weighted by Gasteiger charge is 2.15. The monoisotopic (exact) mass is 283 g/mol. The van der Waals surface area contributed by atoms with Crippen LogP contribution in [0.15, 0.2) is 30.5 Å². The number of carbonyl (C=O) groups is 1. The molecule has 0 saturated heterocycles. The Balaban J connectivity index is 2.31. The third-order valence-electron chi connectivity index (χ3n) is 2.35. The zero-order valence-electron chi connectivity index (χ0n) is 9.45. The lowest BCUT2D eigenvalue weighted by molar-refractivity contribution is 0.102. The molecule has 7 heteroatoms. The summed E-state index contributed by atoms with van der Waals surface area (Å²) < 4.78 is 26.4. The molecule has 1 aromatic carbocycles. The van der Waals surface area contributed by atoms with Crippen molar-refractivity contribution in [2.45, 2.75) is 0 Å². The van der Waals surface area contributed by atoms with Gasteiger partial charge in [0.15, 0.2) is 11.6 Å². The Morgan fingerprint density at radius 3 is 2.84 bits per heavy atom. The predicted molar refractivity (Wildman–Crippen MR) is 68.0 cm³/mol. The Bertz CT molecular complexity index is 649. The lowest BCUT2D eigenvalue weighted by Crippen LogP contribution is -2.15. The van der Waals surface area contributed by atoms with Crippen molar-refractivity contribution in [2.24, 2.45) is 0 Å². The topological polar surface area (TPSA) is 68.0 Å². The Labute approximate surface area is 112 Å². The molecule has 4 nitrogen and oxygen atoms in total. The van der Waals surface area contributed by atoms with Gasteiger partial charge in [0, 0.05) is 0 Å². The standard InChI is InChI=1S/C12H8ClF2N3O/c13-10-4-6(8(16)5-17-10)12(19)18-9-3-1-2-7(14)11(9)15/h1-5H,16H2,(H,18,19). The number of hydrogen-bond donors (Lipinski definition) is 2. The van der Waals surface area contributed by atoms with Crippen LogP contribution in [0.5, 0.6) is 0 Å². The normalized spacial score (nSPS) is 10.3. The van der Waals surface area contributed by atoms with Crippen molar-refractivity contribution in [2.75, 3.05) is 11.1 Å². The molecule has 1 heterocycles. The van der Waals surface area contributed by atoms with Gasteiger partial charge in [0.05, 0.1) is 23.1 Å². The second-order valence-electron chi connectivity index (χ2n) is 3.65. The van der Waals surface area contributed by atoms with Crippen molar-refractivity contribution in [3.8, 4) is 0 Å². The highest BCUT2D eigenvalue weighted by atomic mass is 35.5. The highest BCUT2D eigenvalue weighted by Crippen LogP contribution is 2.20. The van der Waals surface area contributed by atoms with E-state index in [0.29, 0.717) is 0 Å². The van der Waals surface area contributed by atoms with Crippen LogP contribution < -0.4 is 11.1 Å². The van der Waals surface area contributed by atoms with Crippen molar-refractivity contribution >= 4 is 28.9 Å². The molecule has 2 aromatic rings. The average Bonchev–Trinajstić information content (AvgIpc) is 2.38. The third-order valence-corrected chi connectivity index (χ3v) is 2.55. The molecule has 0 bridgehead atoms. The maximum Gasteiger partial charge on any atom is 0.258 e. The number of nitrogens with zero attached hydrogens (tertiary/aromatic N) is 1. The van der Waals surface area contributed by atoms with Crippen LogP contribution in [-0.2, 0) is 0 Å². The number of anilines is 2. The first-order chi connectivity index (χ1) is 8.99. The number of carbonyl (C=O) groups excluding carboxylic acids is 1. The van der Waals surface area contributed by atoms with Crippen LogP contribution in [-0.4, -0.2) is 10.9 Å². The van der Waals surface area contributed by atoms with Crippen molar-refractivity contribution in [3.63, 3.8) is 0 Å². The number of halogens is 3. The number of nitrogens with two attached hydrogens (primary N) is 1. The number of aromatic nitrogens is 1. The molecular formula is C12H8ClF2N3O. The average molecular weight is 284 g/mol. The second kappa shape index (κ2) is 5.19. The minimum atomic E-state index is -1.14. The van der Waals surface area contributed by atoms with Gasteiger partial charge in [-0.15, -0.1) is 0 Å². The number of rotatable bonds is 2. The Morgan fingerprint density at radius 2 is 2.11 bits per heavy atom. The van der Waals surface area contributed by atoms with E-state index in [1.54, 1.807) is 0 Å². The van der Waals surface area contributed by atoms with Crippen LogP contribution in [0, 0.1) is 11.6 Å². The fourth-order valence-corrected chi connectivity index (χ4v) is 1.58. The fraction of sp³-hybridized carbons (Fsp3) is 0. The van der Waals surface area contributed by atoms with Crippen LogP contribution in [0.4, 0.5) is 20.2 Å². The Hall–Kier alpha value is -2.21. The van der Waals surface area contributed by atoms with Gasteiger partial charge in [0.25, 0.3) is 5.91 Å². The lowest BCUT2D eigenvalue weighted by Gasteiger charge is -2.08. The third kappa shape index (κ3) is 2.79. The summed E-state index contributed by atoms with van der Waals surface area (Å²) >= 11 is 5.64. The summed E-state index contributed by atoms with van der Waals surface area (Å²) in [6.45, 7) is 0. The molecule has 2 rings (SSSR count). The first-order valence-corrected chi connectivity index (χ1v) is 5.53. The molecular weight excluding hydrogens is 276 g/mol. The van der Waals surface area contributed by atoms with Gasteiger partial charge in [-0.1, -0.05) is 17.7 Å². The zero-order valence-corrected chi connectivity index (χ0v) is 10.2. The summed E-state index contributed by atoms with van der Waals surface area (Å²) in [6, 6.07) is 4.69. The molecule has 0 aliphatic rings. The van der Waals surface area contributed by atoms with Gasteiger partial charge in [-0.3, -0.25) is 4.79 Å². The van der Waals surface area contributed by atoms with Crippen molar-refractivity contribution in [1.82, 2.24) is 4.98 Å². The Morgan fingerprint density at radius 1 is 1.37 bits per heavy atom. The molecule has 0 radical (unpaired) electrons. The molecule has 98 valence electrons. The number of benzene rings is 1. The van der Waals surface area contributed by atoms with E-state index in [1.807, 2.05) is 0 Å². The van der Waals surface area contributed by atoms with Gasteiger partial charge in [0.1, 0.15) is 5.15 Å². The van der Waals surface area contributed by atoms with Crippen molar-refractivity contribution in [3.05, 3.63) is 52.8 Å². The maximum atomic E-state index is 13.4. The molecule has 19 heavy (non-hydrogen) atoms. The molecule has 1 amide bonds. The van der Waals surface area contributed by atoms with Gasteiger partial charge in [-0.2, -0.15) is 0 Å². The molecule has 0 fully saturated rings. The van der Waals surface area contributed by atoms with E-state index >= 15 is 0 Å². The molecule has 1 aromatic heterocycles. The first-order valence-electron chi connectivity index (χ1n) is 5.15. The van der Waals surface area contributed by atoms with E-state index in [1.165, 1.54) is 24.4 Å². The molecule has 0 saturated carbocycles. The van der Waals surface area contributed by atoms with Gasteiger partial charge in [0.2, 0.25) is 0 Å². The summed E-state index contributed by atoms with van der Waals surface area (Å²) in [4.78, 5) is 15.6. The van der Waals surface area contributed by atoms with E-state index in [4.69, 9.17) is 17.3 Å². The van der Waals surface area contributed by atoms with Crippen LogP contribution in [0.3, 0.4) is 0 Å². The highest BCUT2D eigenvalue weighted by molar-refractivity contribution is 6.30. The van der Waals surface area contributed by atoms with Crippen molar-refractivity contribution < 1.29 is 13.6 Å².